The number of nitrogens with one attached hydrogen (secondary N) is 3. The molecule has 2 aliphatic rings. The number of amides is 3. The summed E-state index contributed by atoms with van der Waals surface area (Å²) in [6.07, 6.45) is -0.0736. The minimum absolute atomic E-state index is 0.143. The number of ether oxygens (including phenoxy) is 1. The van der Waals surface area contributed by atoms with E-state index in [4.69, 9.17) is 4.74 Å². The van der Waals surface area contributed by atoms with Gasteiger partial charge in [0.2, 0.25) is 5.91 Å². The van der Waals surface area contributed by atoms with Gasteiger partial charge in [-0.3, -0.25) is 9.59 Å². The van der Waals surface area contributed by atoms with Crippen LogP contribution in [0.2, 0.25) is 0 Å². The lowest BCUT2D eigenvalue weighted by atomic mass is 10.0. The molecule has 1 fully saturated rings. The van der Waals surface area contributed by atoms with Crippen LogP contribution in [0, 0.1) is 19.7 Å². The second kappa shape index (κ2) is 8.12. The summed E-state index contributed by atoms with van der Waals surface area (Å²) in [7, 11) is 0. The second-order valence-electron chi connectivity index (χ2n) is 7.95. The number of anilines is 1. The molecule has 9 nitrogen and oxygen atoms in total. The van der Waals surface area contributed by atoms with Gasteiger partial charge in [0, 0.05) is 42.5 Å². The molecule has 0 spiro atoms. The Kier molecular flexibility index (Phi) is 5.47. The zero-order chi connectivity index (χ0) is 23.2. The molecule has 3 amide bonds. The number of aromatic nitrogens is 1. The highest BCUT2D eigenvalue weighted by atomic mass is 19.1. The number of aryl methyl sites for hydroxylation is 1. The summed E-state index contributed by atoms with van der Waals surface area (Å²) in [5.41, 5.74) is 2.94. The molecule has 0 aliphatic carbocycles. The van der Waals surface area contributed by atoms with Gasteiger partial charge < -0.3 is 30.4 Å². The van der Waals surface area contributed by atoms with Crippen molar-refractivity contribution in [3.05, 3.63) is 46.5 Å². The number of carbonyl (C=O) groups excluding carboxylic acids is 3. The molecule has 0 bridgehead atoms. The van der Waals surface area contributed by atoms with E-state index in [-0.39, 0.29) is 30.7 Å². The largest absolute Gasteiger partial charge is 0.413 e. The Morgan fingerprint density at radius 2 is 2.06 bits per heavy atom. The van der Waals surface area contributed by atoms with Crippen LogP contribution in [0.25, 0.3) is 11.6 Å². The molecule has 4 rings (SSSR count). The standard InChI is InChI=1S/C22H23FN4O5/c1-10-17(7-15-14-6-13(23)4-5-16(14)25-21(15)30)24-11(2)20(10)32-22(31)26-18-8-27(12(3)28)9-19(18)29/h4-7,18-19,24,29H,8-9H2,1-3H3,(H,25,30)(H,26,31)/b15-7-. The lowest BCUT2D eigenvalue weighted by Gasteiger charge is -2.16. The van der Waals surface area contributed by atoms with Crippen LogP contribution < -0.4 is 15.4 Å². The summed E-state index contributed by atoms with van der Waals surface area (Å²) in [6, 6.07) is 3.42. The van der Waals surface area contributed by atoms with Gasteiger partial charge >= 0.3 is 6.09 Å². The van der Waals surface area contributed by atoms with Gasteiger partial charge in [-0.1, -0.05) is 0 Å². The van der Waals surface area contributed by atoms with Crippen LogP contribution in [0.4, 0.5) is 14.9 Å². The normalized spacial score (nSPS) is 21.0. The van der Waals surface area contributed by atoms with Crippen LogP contribution in [0.5, 0.6) is 5.75 Å². The Hall–Kier alpha value is -3.66. The highest BCUT2D eigenvalue weighted by Crippen LogP contribution is 2.35. The number of nitrogens with zero attached hydrogens (tertiary/aromatic N) is 1. The number of halogens is 1. The number of benzene rings is 1. The van der Waals surface area contributed by atoms with E-state index in [1.165, 1.54) is 30.0 Å². The topological polar surface area (TPSA) is 124 Å². The summed E-state index contributed by atoms with van der Waals surface area (Å²) in [5, 5.41) is 15.4. The first kappa shape index (κ1) is 21.6. The average Bonchev–Trinajstić information content (AvgIpc) is 3.32. The van der Waals surface area contributed by atoms with Crippen molar-refractivity contribution in [2.45, 2.75) is 32.9 Å². The van der Waals surface area contributed by atoms with Crippen LogP contribution in [-0.2, 0) is 9.59 Å². The Morgan fingerprint density at radius 3 is 2.75 bits per heavy atom. The number of hydrogen-bond donors (Lipinski definition) is 4. The van der Waals surface area contributed by atoms with Gasteiger partial charge in [-0.15, -0.1) is 0 Å². The number of likely N-dealkylation sites (tertiary alicyclic amines) is 1. The van der Waals surface area contributed by atoms with Crippen molar-refractivity contribution in [3.8, 4) is 5.75 Å². The number of fused-ring (bicyclic) bond motifs is 1. The molecule has 2 aliphatic heterocycles. The first-order chi connectivity index (χ1) is 15.1. The first-order valence-corrected chi connectivity index (χ1v) is 10.1. The van der Waals surface area contributed by atoms with Crippen molar-refractivity contribution in [1.29, 1.82) is 0 Å². The third kappa shape index (κ3) is 3.96. The monoisotopic (exact) mass is 442 g/mol. The number of hydrogen-bond acceptors (Lipinski definition) is 5. The van der Waals surface area contributed by atoms with Gasteiger partial charge in [-0.05, 0) is 38.1 Å². The Balaban J connectivity index is 1.53. The van der Waals surface area contributed by atoms with E-state index in [1.807, 2.05) is 0 Å². The number of β-amino-alcohol motifs (C(OH)–C–C–N with tert-alkyl or cyclic N) is 1. The molecule has 10 heteroatoms. The molecule has 2 aromatic rings. The lowest BCUT2D eigenvalue weighted by Crippen LogP contribution is -2.44. The van der Waals surface area contributed by atoms with Crippen LogP contribution in [0.1, 0.15) is 29.4 Å². The van der Waals surface area contributed by atoms with E-state index in [2.05, 4.69) is 15.6 Å². The third-order valence-electron chi connectivity index (χ3n) is 5.69. The molecule has 1 aromatic carbocycles. The van der Waals surface area contributed by atoms with Gasteiger partial charge in [-0.25, -0.2) is 9.18 Å². The molecular formula is C22H23FN4O5. The Morgan fingerprint density at radius 1 is 1.31 bits per heavy atom. The molecule has 32 heavy (non-hydrogen) atoms. The third-order valence-corrected chi connectivity index (χ3v) is 5.69. The van der Waals surface area contributed by atoms with Gasteiger partial charge in [0.25, 0.3) is 5.91 Å². The molecule has 0 saturated carbocycles. The van der Waals surface area contributed by atoms with Gasteiger partial charge in [-0.2, -0.15) is 0 Å². The molecular weight excluding hydrogens is 419 g/mol. The van der Waals surface area contributed by atoms with E-state index < -0.39 is 24.1 Å². The molecule has 2 unspecified atom stereocenters. The molecule has 168 valence electrons. The summed E-state index contributed by atoms with van der Waals surface area (Å²) in [5.74, 6) is -0.719. The van der Waals surface area contributed by atoms with Crippen molar-refractivity contribution in [2.24, 2.45) is 0 Å². The fourth-order valence-corrected chi connectivity index (χ4v) is 3.96. The van der Waals surface area contributed by atoms with Gasteiger partial charge in [0.15, 0.2) is 5.75 Å². The van der Waals surface area contributed by atoms with Crippen molar-refractivity contribution in [3.63, 3.8) is 0 Å². The number of aromatic amines is 1. The molecule has 0 radical (unpaired) electrons. The predicted octanol–water partition coefficient (Wildman–Crippen LogP) is 1.94. The van der Waals surface area contributed by atoms with E-state index in [1.54, 1.807) is 19.9 Å². The second-order valence-corrected chi connectivity index (χ2v) is 7.95. The van der Waals surface area contributed by atoms with Crippen molar-refractivity contribution < 1.29 is 28.6 Å². The predicted molar refractivity (Wildman–Crippen MR) is 114 cm³/mol. The average molecular weight is 442 g/mol. The van der Waals surface area contributed by atoms with E-state index in [0.29, 0.717) is 33.8 Å². The van der Waals surface area contributed by atoms with Crippen molar-refractivity contribution in [2.75, 3.05) is 18.4 Å². The fourth-order valence-electron chi connectivity index (χ4n) is 3.96. The molecule has 2 atom stereocenters. The van der Waals surface area contributed by atoms with E-state index in [0.717, 1.165) is 0 Å². The quantitative estimate of drug-likeness (QED) is 0.541. The first-order valence-electron chi connectivity index (χ1n) is 10.1. The summed E-state index contributed by atoms with van der Waals surface area (Å²) in [6.45, 7) is 5.17. The minimum atomic E-state index is -0.887. The van der Waals surface area contributed by atoms with Crippen LogP contribution in [0.15, 0.2) is 18.2 Å². The Labute approximate surface area is 183 Å². The van der Waals surface area contributed by atoms with E-state index >= 15 is 0 Å². The van der Waals surface area contributed by atoms with Crippen molar-refractivity contribution in [1.82, 2.24) is 15.2 Å². The summed E-state index contributed by atoms with van der Waals surface area (Å²) < 4.78 is 19.1. The van der Waals surface area contributed by atoms with Crippen molar-refractivity contribution >= 4 is 35.2 Å². The number of H-pyrrole nitrogens is 1. The highest BCUT2D eigenvalue weighted by Gasteiger charge is 2.34. The number of aliphatic hydroxyl groups is 1. The molecule has 1 aromatic heterocycles. The molecule has 4 N–H and O–H groups in total. The van der Waals surface area contributed by atoms with Crippen LogP contribution >= 0.6 is 0 Å². The Bertz CT molecular complexity index is 1160. The maximum atomic E-state index is 13.7. The number of aliphatic hydroxyl groups excluding tert-OH is 1. The zero-order valence-electron chi connectivity index (χ0n) is 17.8. The summed E-state index contributed by atoms with van der Waals surface area (Å²) in [4.78, 5) is 40.8. The maximum Gasteiger partial charge on any atom is 0.413 e. The van der Waals surface area contributed by atoms with E-state index in [9.17, 15) is 23.9 Å². The van der Waals surface area contributed by atoms with Crippen LogP contribution in [-0.4, -0.2) is 58.1 Å². The van der Waals surface area contributed by atoms with Gasteiger partial charge in [0.05, 0.1) is 23.4 Å². The summed E-state index contributed by atoms with van der Waals surface area (Å²) >= 11 is 0. The number of rotatable bonds is 3. The SMILES string of the molecule is CC(=O)N1CC(O)C(NC(=O)Oc2c(C)[nH]c(/C=C3\C(=O)Nc4ccc(F)cc43)c2C)C1. The van der Waals surface area contributed by atoms with Crippen LogP contribution in [0.3, 0.4) is 0 Å². The number of carbonyl (C=O) groups is 3. The zero-order valence-corrected chi connectivity index (χ0v) is 17.8. The molecule has 1 saturated heterocycles. The lowest BCUT2D eigenvalue weighted by molar-refractivity contribution is -0.128. The smallest absolute Gasteiger partial charge is 0.408 e. The maximum absolute atomic E-state index is 13.7. The fraction of sp³-hybridized carbons (Fsp3) is 0.318. The highest BCUT2D eigenvalue weighted by molar-refractivity contribution is 6.34. The minimum Gasteiger partial charge on any atom is -0.408 e. The molecule has 3 heterocycles. The van der Waals surface area contributed by atoms with Gasteiger partial charge in [0.1, 0.15) is 5.82 Å².